The van der Waals surface area contributed by atoms with E-state index in [4.69, 9.17) is 13.9 Å². The Hall–Kier alpha value is -4.60. The van der Waals surface area contributed by atoms with E-state index in [1.807, 2.05) is 13.0 Å². The molecule has 0 aliphatic carbocycles. The first kappa shape index (κ1) is 21.3. The van der Waals surface area contributed by atoms with Crippen LogP contribution in [0.1, 0.15) is 24.6 Å². The summed E-state index contributed by atoms with van der Waals surface area (Å²) in [5, 5.41) is 7.30. The van der Waals surface area contributed by atoms with E-state index in [1.54, 1.807) is 36.4 Å². The molecule has 172 valence electrons. The number of carbonyl (C=O) groups is 1. The maximum Gasteiger partial charge on any atom is 0.252 e. The SMILES string of the molecule is CCCc1cc(=O)[nH]c(-n2nc(-c3ccco3)cc2NC(=O)/C=C\c2ccc3c(c2)OCO3)n1. The van der Waals surface area contributed by atoms with E-state index < -0.39 is 5.91 Å². The molecule has 0 radical (unpaired) electrons. The third-order valence-corrected chi connectivity index (χ3v) is 5.05. The van der Waals surface area contributed by atoms with E-state index in [1.165, 1.54) is 23.1 Å². The van der Waals surface area contributed by atoms with Gasteiger partial charge in [0, 0.05) is 23.9 Å². The third kappa shape index (κ3) is 4.46. The minimum absolute atomic E-state index is 0.181. The zero-order valence-corrected chi connectivity index (χ0v) is 18.3. The summed E-state index contributed by atoms with van der Waals surface area (Å²) < 4.78 is 17.5. The van der Waals surface area contributed by atoms with Gasteiger partial charge in [-0.3, -0.25) is 14.6 Å². The summed E-state index contributed by atoms with van der Waals surface area (Å²) in [7, 11) is 0. The molecule has 2 N–H and O–H groups in total. The second-order valence-corrected chi connectivity index (χ2v) is 7.55. The minimum Gasteiger partial charge on any atom is -0.463 e. The number of hydrogen-bond donors (Lipinski definition) is 2. The lowest BCUT2D eigenvalue weighted by molar-refractivity contribution is -0.111. The lowest BCUT2D eigenvalue weighted by atomic mass is 10.2. The molecular weight excluding hydrogens is 438 g/mol. The van der Waals surface area contributed by atoms with Crippen molar-refractivity contribution >= 4 is 17.8 Å². The first-order chi connectivity index (χ1) is 16.6. The molecule has 4 heterocycles. The molecule has 3 aromatic heterocycles. The number of aryl methyl sites for hydroxylation is 1. The fourth-order valence-electron chi connectivity index (χ4n) is 3.51. The highest BCUT2D eigenvalue weighted by Crippen LogP contribution is 2.32. The number of anilines is 1. The van der Waals surface area contributed by atoms with Crippen LogP contribution in [0.2, 0.25) is 0 Å². The van der Waals surface area contributed by atoms with Crippen LogP contribution in [0.3, 0.4) is 0 Å². The van der Waals surface area contributed by atoms with Gasteiger partial charge in [0.25, 0.3) is 5.56 Å². The molecule has 1 amide bonds. The average molecular weight is 459 g/mol. The van der Waals surface area contributed by atoms with Gasteiger partial charge in [0.2, 0.25) is 18.6 Å². The minimum atomic E-state index is -0.392. The number of aromatic nitrogens is 4. The predicted octanol–water partition coefficient (Wildman–Crippen LogP) is 3.55. The lowest BCUT2D eigenvalue weighted by Crippen LogP contribution is -2.18. The molecule has 0 saturated carbocycles. The standard InChI is InChI=1S/C24H21N5O5/c1-2-4-16-12-23(31)27-24(25-16)29-21(13-17(28-29)18-5-3-10-32-18)26-22(30)9-7-15-6-8-19-20(11-15)34-14-33-19/h3,5-13H,2,4,14H2,1H3,(H,26,30)(H,25,27,31)/b9-7-. The molecule has 0 unspecified atom stereocenters. The fraction of sp³-hybridized carbons (Fsp3) is 0.167. The van der Waals surface area contributed by atoms with Gasteiger partial charge >= 0.3 is 0 Å². The Morgan fingerprint density at radius 3 is 2.91 bits per heavy atom. The highest BCUT2D eigenvalue weighted by Gasteiger charge is 2.17. The van der Waals surface area contributed by atoms with Crippen molar-refractivity contribution in [2.45, 2.75) is 19.8 Å². The molecule has 10 nitrogen and oxygen atoms in total. The van der Waals surface area contributed by atoms with Crippen molar-refractivity contribution in [2.24, 2.45) is 0 Å². The lowest BCUT2D eigenvalue weighted by Gasteiger charge is -2.08. The predicted molar refractivity (Wildman–Crippen MR) is 124 cm³/mol. The summed E-state index contributed by atoms with van der Waals surface area (Å²) in [5.41, 5.74) is 1.59. The van der Waals surface area contributed by atoms with E-state index in [-0.39, 0.29) is 18.3 Å². The summed E-state index contributed by atoms with van der Waals surface area (Å²) >= 11 is 0. The van der Waals surface area contributed by atoms with Crippen LogP contribution in [0, 0.1) is 0 Å². The summed E-state index contributed by atoms with van der Waals surface area (Å²) in [6, 6.07) is 12.0. The van der Waals surface area contributed by atoms with E-state index >= 15 is 0 Å². The van der Waals surface area contributed by atoms with Gasteiger partial charge in [0.05, 0.1) is 6.26 Å². The number of ether oxygens (including phenoxy) is 2. The second kappa shape index (κ2) is 9.10. The van der Waals surface area contributed by atoms with Crippen molar-refractivity contribution in [2.75, 3.05) is 12.1 Å². The van der Waals surface area contributed by atoms with Crippen molar-refractivity contribution in [1.29, 1.82) is 0 Å². The number of H-pyrrole nitrogens is 1. The molecule has 0 bridgehead atoms. The molecule has 1 aromatic carbocycles. The Labute approximate surface area is 193 Å². The van der Waals surface area contributed by atoms with Crippen molar-refractivity contribution in [1.82, 2.24) is 19.7 Å². The summed E-state index contributed by atoms with van der Waals surface area (Å²) in [6.45, 7) is 2.18. The maximum absolute atomic E-state index is 12.7. The topological polar surface area (TPSA) is 124 Å². The molecule has 5 rings (SSSR count). The van der Waals surface area contributed by atoms with Crippen molar-refractivity contribution in [3.63, 3.8) is 0 Å². The summed E-state index contributed by atoms with van der Waals surface area (Å²) in [6.07, 6.45) is 6.06. The van der Waals surface area contributed by atoms with E-state index in [0.717, 1.165) is 12.0 Å². The van der Waals surface area contributed by atoms with Gasteiger partial charge in [-0.2, -0.15) is 9.78 Å². The number of carbonyl (C=O) groups excluding carboxylic acids is 1. The summed E-state index contributed by atoms with van der Waals surface area (Å²) in [4.78, 5) is 32.1. The molecule has 0 fully saturated rings. The number of rotatable bonds is 7. The van der Waals surface area contributed by atoms with Crippen LogP contribution in [0.5, 0.6) is 11.5 Å². The number of fused-ring (bicyclic) bond motifs is 1. The van der Waals surface area contributed by atoms with Crippen molar-refractivity contribution < 1.29 is 18.7 Å². The first-order valence-electron chi connectivity index (χ1n) is 10.7. The molecule has 1 aliphatic heterocycles. The van der Waals surface area contributed by atoms with Gasteiger partial charge in [-0.15, -0.1) is 0 Å². The van der Waals surface area contributed by atoms with Gasteiger partial charge in [0.15, 0.2) is 17.3 Å². The first-order valence-corrected chi connectivity index (χ1v) is 10.7. The zero-order valence-electron chi connectivity index (χ0n) is 18.3. The van der Waals surface area contributed by atoms with Crippen molar-refractivity contribution in [3.8, 4) is 28.9 Å². The summed E-state index contributed by atoms with van der Waals surface area (Å²) in [5.74, 6) is 1.94. The molecular formula is C24H21N5O5. The van der Waals surface area contributed by atoms with Crippen LogP contribution in [0.15, 0.2) is 64.0 Å². The Morgan fingerprint density at radius 2 is 2.09 bits per heavy atom. The number of nitrogens with zero attached hydrogens (tertiary/aromatic N) is 3. The van der Waals surface area contributed by atoms with E-state index in [2.05, 4.69) is 20.4 Å². The van der Waals surface area contributed by atoms with Crippen LogP contribution in [-0.4, -0.2) is 32.4 Å². The number of nitrogens with one attached hydrogen (secondary N) is 2. The molecule has 10 heteroatoms. The number of benzene rings is 1. The largest absolute Gasteiger partial charge is 0.463 e. The van der Waals surface area contributed by atoms with Gasteiger partial charge < -0.3 is 19.2 Å². The highest BCUT2D eigenvalue weighted by atomic mass is 16.7. The van der Waals surface area contributed by atoms with E-state index in [0.29, 0.717) is 40.9 Å². The van der Waals surface area contributed by atoms with Crippen LogP contribution in [0.4, 0.5) is 5.82 Å². The number of hydrogen-bond acceptors (Lipinski definition) is 7. The number of aromatic amines is 1. The third-order valence-electron chi connectivity index (χ3n) is 5.05. The van der Waals surface area contributed by atoms with Gasteiger partial charge in [0.1, 0.15) is 11.5 Å². The van der Waals surface area contributed by atoms with Gasteiger partial charge in [-0.1, -0.05) is 19.4 Å². The second-order valence-electron chi connectivity index (χ2n) is 7.55. The molecule has 4 aromatic rings. The Balaban J connectivity index is 1.44. The Kier molecular flexibility index (Phi) is 5.69. The Morgan fingerprint density at radius 1 is 1.21 bits per heavy atom. The number of amides is 1. The van der Waals surface area contributed by atoms with Crippen LogP contribution >= 0.6 is 0 Å². The fourth-order valence-corrected chi connectivity index (χ4v) is 3.51. The molecule has 0 spiro atoms. The molecule has 0 saturated heterocycles. The van der Waals surface area contributed by atoms with Gasteiger partial charge in [-0.25, -0.2) is 4.98 Å². The van der Waals surface area contributed by atoms with Crippen molar-refractivity contribution in [3.05, 3.63) is 76.4 Å². The van der Waals surface area contributed by atoms with Crippen LogP contribution in [-0.2, 0) is 11.2 Å². The molecule has 34 heavy (non-hydrogen) atoms. The normalized spacial score (nSPS) is 12.4. The molecule has 1 aliphatic rings. The quantitative estimate of drug-likeness (QED) is 0.405. The zero-order chi connectivity index (χ0) is 23.5. The van der Waals surface area contributed by atoms with Gasteiger partial charge in [-0.05, 0) is 42.3 Å². The van der Waals surface area contributed by atoms with Crippen LogP contribution in [0.25, 0.3) is 23.5 Å². The monoisotopic (exact) mass is 459 g/mol. The van der Waals surface area contributed by atoms with Crippen LogP contribution < -0.4 is 20.3 Å². The Bertz CT molecular complexity index is 1420. The number of furan rings is 1. The van der Waals surface area contributed by atoms with E-state index in [9.17, 15) is 9.59 Å². The highest BCUT2D eigenvalue weighted by molar-refractivity contribution is 6.01. The average Bonchev–Trinajstić information content (AvgIpc) is 3.57. The molecule has 0 atom stereocenters. The maximum atomic E-state index is 12.7. The smallest absolute Gasteiger partial charge is 0.252 e.